The number of rotatable bonds is 3. The largest absolute Gasteiger partial charge is 0.277 e. The minimum Gasteiger partial charge on any atom is -0.277 e. The van der Waals surface area contributed by atoms with Gasteiger partial charge in [0.05, 0.1) is 32.2 Å². The summed E-state index contributed by atoms with van der Waals surface area (Å²) in [5, 5.41) is 2.24. The average Bonchev–Trinajstić information content (AvgIpc) is 3.99. The van der Waals surface area contributed by atoms with E-state index < -0.39 is 5.41 Å². The van der Waals surface area contributed by atoms with Gasteiger partial charge in [-0.05, 0) is 39.4 Å². The van der Waals surface area contributed by atoms with Gasteiger partial charge in [-0.25, -0.2) is 9.97 Å². The fourth-order valence-corrected chi connectivity index (χ4v) is 10.1. The predicted molar refractivity (Wildman–Crippen MR) is 215 cm³/mol. The number of hydrogen-bond donors (Lipinski definition) is 0. The van der Waals surface area contributed by atoms with E-state index in [1.54, 1.807) is 11.3 Å². The molecule has 3 aromatic heterocycles. The molecule has 0 amide bonds. The number of benzene rings is 7. The van der Waals surface area contributed by atoms with Crippen molar-refractivity contribution in [2.45, 2.75) is 5.41 Å². The molecular formula is C47H27N5S. The fourth-order valence-electron chi connectivity index (χ4n) is 9.23. The van der Waals surface area contributed by atoms with Crippen molar-refractivity contribution in [1.29, 1.82) is 0 Å². The van der Waals surface area contributed by atoms with E-state index >= 15 is 0 Å². The van der Waals surface area contributed by atoms with Crippen LogP contribution in [-0.4, -0.2) is 24.5 Å². The van der Waals surface area contributed by atoms with Crippen LogP contribution in [0.4, 0.5) is 0 Å². The van der Waals surface area contributed by atoms with Gasteiger partial charge in [0.15, 0.2) is 11.6 Å². The molecule has 1 spiro atoms. The molecule has 53 heavy (non-hydrogen) atoms. The maximum absolute atomic E-state index is 5.34. The molecule has 2 aliphatic rings. The maximum Gasteiger partial charge on any atom is 0.238 e. The number of hydrogen-bond acceptors (Lipinski definition) is 5. The molecule has 0 radical (unpaired) electrons. The van der Waals surface area contributed by atoms with Crippen LogP contribution in [0.15, 0.2) is 163 Å². The lowest BCUT2D eigenvalue weighted by atomic mass is 9.70. The van der Waals surface area contributed by atoms with Crippen molar-refractivity contribution in [2.24, 2.45) is 0 Å². The zero-order chi connectivity index (χ0) is 34.7. The van der Waals surface area contributed by atoms with Crippen molar-refractivity contribution in [1.82, 2.24) is 24.5 Å². The van der Waals surface area contributed by atoms with Gasteiger partial charge in [-0.15, -0.1) is 11.3 Å². The van der Waals surface area contributed by atoms with E-state index in [2.05, 4.69) is 126 Å². The summed E-state index contributed by atoms with van der Waals surface area (Å²) in [6, 6.07) is 56.0. The zero-order valence-electron chi connectivity index (χ0n) is 28.2. The van der Waals surface area contributed by atoms with Crippen LogP contribution in [0.3, 0.4) is 0 Å². The van der Waals surface area contributed by atoms with Gasteiger partial charge in [0.25, 0.3) is 0 Å². The first-order chi connectivity index (χ1) is 26.3. The second-order valence-electron chi connectivity index (χ2n) is 13.8. The normalized spacial score (nSPS) is 13.4. The van der Waals surface area contributed by atoms with E-state index in [0.29, 0.717) is 17.6 Å². The summed E-state index contributed by atoms with van der Waals surface area (Å²) in [6.45, 7) is 0. The molecule has 12 rings (SSSR count). The molecule has 0 atom stereocenters. The van der Waals surface area contributed by atoms with Gasteiger partial charge in [-0.2, -0.15) is 9.97 Å². The van der Waals surface area contributed by atoms with Crippen LogP contribution in [0, 0.1) is 0 Å². The molecule has 6 heteroatoms. The summed E-state index contributed by atoms with van der Waals surface area (Å²) in [4.78, 5) is 20.9. The van der Waals surface area contributed by atoms with Crippen molar-refractivity contribution in [3.63, 3.8) is 0 Å². The maximum atomic E-state index is 5.34. The minimum absolute atomic E-state index is 0.575. The first-order valence-corrected chi connectivity index (χ1v) is 18.7. The molecular weight excluding hydrogens is 667 g/mol. The molecule has 0 fully saturated rings. The smallest absolute Gasteiger partial charge is 0.238 e. The van der Waals surface area contributed by atoms with Gasteiger partial charge in [-0.3, -0.25) is 4.57 Å². The summed E-state index contributed by atoms with van der Waals surface area (Å²) in [6.07, 6.45) is 0. The van der Waals surface area contributed by atoms with E-state index in [9.17, 15) is 0 Å². The molecule has 246 valence electrons. The molecule has 2 aliphatic carbocycles. The average molecular weight is 694 g/mol. The Morgan fingerprint density at radius 2 is 1.04 bits per heavy atom. The van der Waals surface area contributed by atoms with Crippen LogP contribution in [-0.2, 0) is 5.41 Å². The first-order valence-electron chi connectivity index (χ1n) is 17.8. The lowest BCUT2D eigenvalue weighted by Crippen LogP contribution is -2.26. The van der Waals surface area contributed by atoms with Crippen molar-refractivity contribution in [2.75, 3.05) is 0 Å². The molecule has 0 bridgehead atoms. The number of aromatic nitrogens is 5. The summed E-state index contributed by atoms with van der Waals surface area (Å²) in [5.41, 5.74) is 16.5. The van der Waals surface area contributed by atoms with Crippen molar-refractivity contribution in [3.05, 3.63) is 185 Å². The number of para-hydroxylation sites is 1. The number of thiazole rings is 1. The van der Waals surface area contributed by atoms with E-state index in [4.69, 9.17) is 19.9 Å². The Morgan fingerprint density at radius 1 is 0.509 bits per heavy atom. The van der Waals surface area contributed by atoms with Crippen molar-refractivity contribution < 1.29 is 0 Å². The van der Waals surface area contributed by atoms with Crippen molar-refractivity contribution >= 4 is 43.4 Å². The standard InChI is InChI=1S/C47H27N5S/c1-3-15-28(16-4-1)44-49-45(29-17-5-2-6-18-29)51-46(50-44)52-37-26-14-10-22-33(37)39-41-43(53-27-48-41)38-32-21-9-13-25-36(32)47(40(38)42(39)52)34-23-11-7-19-30(34)31-20-8-12-24-35(31)47/h1-27H. The molecule has 0 saturated carbocycles. The molecule has 5 nitrogen and oxygen atoms in total. The highest BCUT2D eigenvalue weighted by Crippen LogP contribution is 2.66. The molecule has 0 unspecified atom stereocenters. The van der Waals surface area contributed by atoms with E-state index in [-0.39, 0.29) is 0 Å². The molecule has 0 aliphatic heterocycles. The van der Waals surface area contributed by atoms with Gasteiger partial charge in [0, 0.05) is 33.0 Å². The Labute approximate surface area is 308 Å². The minimum atomic E-state index is -0.584. The van der Waals surface area contributed by atoms with Crippen LogP contribution in [0.5, 0.6) is 0 Å². The molecule has 3 heterocycles. The third kappa shape index (κ3) is 3.70. The van der Waals surface area contributed by atoms with Crippen LogP contribution in [0.2, 0.25) is 0 Å². The second kappa shape index (κ2) is 10.6. The van der Waals surface area contributed by atoms with Crippen LogP contribution >= 0.6 is 11.3 Å². The van der Waals surface area contributed by atoms with Gasteiger partial charge in [-0.1, -0.05) is 152 Å². The van der Waals surface area contributed by atoms with E-state index in [0.717, 1.165) is 38.4 Å². The van der Waals surface area contributed by atoms with Crippen LogP contribution in [0.1, 0.15) is 22.3 Å². The highest BCUT2D eigenvalue weighted by Gasteiger charge is 2.54. The SMILES string of the molecule is c1ccc(-c2nc(-c3ccccc3)nc(-n3c4ccccc4c4c5ncsc5c5c(c43)C3(c4ccccc4-c4ccccc43)c3ccccc3-5)n2)cc1. The summed E-state index contributed by atoms with van der Waals surface area (Å²) in [5.74, 6) is 1.83. The molecule has 10 aromatic rings. The highest BCUT2D eigenvalue weighted by atomic mass is 32.1. The number of fused-ring (bicyclic) bond motifs is 17. The molecule has 0 N–H and O–H groups in total. The Morgan fingerprint density at radius 3 is 1.68 bits per heavy atom. The first kappa shape index (κ1) is 28.9. The third-order valence-corrected chi connectivity index (χ3v) is 12.1. The summed E-state index contributed by atoms with van der Waals surface area (Å²) >= 11 is 1.73. The fraction of sp³-hybridized carbons (Fsp3) is 0.0213. The number of nitrogens with zero attached hydrogens (tertiary/aromatic N) is 5. The van der Waals surface area contributed by atoms with Gasteiger partial charge >= 0.3 is 0 Å². The summed E-state index contributed by atoms with van der Waals surface area (Å²) < 4.78 is 3.51. The molecule has 7 aromatic carbocycles. The van der Waals surface area contributed by atoms with Crippen molar-refractivity contribution in [3.8, 4) is 51.0 Å². The lowest BCUT2D eigenvalue weighted by molar-refractivity contribution is 0.795. The quantitative estimate of drug-likeness (QED) is 0.185. The van der Waals surface area contributed by atoms with Gasteiger partial charge in [0.2, 0.25) is 5.95 Å². The van der Waals surface area contributed by atoms with Gasteiger partial charge in [0.1, 0.15) is 0 Å². The second-order valence-corrected chi connectivity index (χ2v) is 14.6. The lowest BCUT2D eigenvalue weighted by Gasteiger charge is -2.31. The Kier molecular flexibility index (Phi) is 5.80. The van der Waals surface area contributed by atoms with E-state index in [1.807, 2.05) is 41.9 Å². The van der Waals surface area contributed by atoms with Gasteiger partial charge < -0.3 is 0 Å². The predicted octanol–water partition coefficient (Wildman–Crippen LogP) is 11.3. The monoisotopic (exact) mass is 693 g/mol. The Balaban J connectivity index is 1.33. The highest BCUT2D eigenvalue weighted by molar-refractivity contribution is 7.17. The topological polar surface area (TPSA) is 56.5 Å². The Hall–Kier alpha value is -6.76. The van der Waals surface area contributed by atoms with Crippen LogP contribution in [0.25, 0.3) is 83.0 Å². The van der Waals surface area contributed by atoms with E-state index in [1.165, 1.54) is 49.2 Å². The zero-order valence-corrected chi connectivity index (χ0v) is 29.0. The van der Waals surface area contributed by atoms with Crippen LogP contribution < -0.4 is 0 Å². The summed E-state index contributed by atoms with van der Waals surface area (Å²) in [7, 11) is 0. The molecule has 0 saturated heterocycles. The third-order valence-electron chi connectivity index (χ3n) is 11.2. The Bertz CT molecular complexity index is 3020.